The molecule has 0 spiro atoms. The minimum atomic E-state index is -0.965. The van der Waals surface area contributed by atoms with Gasteiger partial charge in [0.05, 0.1) is 18.4 Å². The molecule has 8 heteroatoms. The third kappa shape index (κ3) is 4.68. The summed E-state index contributed by atoms with van der Waals surface area (Å²) in [6, 6.07) is 14.0. The van der Waals surface area contributed by atoms with Crippen LogP contribution in [0.15, 0.2) is 70.9 Å². The van der Waals surface area contributed by atoms with Crippen molar-refractivity contribution in [2.45, 2.75) is 33.2 Å². The van der Waals surface area contributed by atoms with Crippen LogP contribution in [0.5, 0.6) is 5.75 Å². The Hall–Kier alpha value is -4.33. The Kier molecular flexibility index (Phi) is 6.73. The van der Waals surface area contributed by atoms with E-state index in [0.717, 1.165) is 12.0 Å². The molecule has 1 fully saturated rings. The summed E-state index contributed by atoms with van der Waals surface area (Å²) in [5.74, 6) is -1.12. The monoisotopic (exact) mass is 474 g/mol. The van der Waals surface area contributed by atoms with Gasteiger partial charge in [0, 0.05) is 23.9 Å². The molecule has 2 heterocycles. The maximum absolute atomic E-state index is 13.2. The number of aliphatic hydroxyl groups is 1. The van der Waals surface area contributed by atoms with E-state index < -0.39 is 17.7 Å². The quantitative estimate of drug-likeness (QED) is 0.285. The van der Waals surface area contributed by atoms with Crippen LogP contribution in [0.4, 0.5) is 11.4 Å². The standard InChI is InChI=1S/C27H26N2O6/c1-4-13-34-21-12-7-18(15-16(21)2)25(31)23-24(22-6-5-14-35-22)29(27(33)26(23)32)20-10-8-19(9-11-20)28-17(3)30/h5-12,14-15,24,31H,4,13H2,1-3H3,(H,28,30)/b25-23-. The van der Waals surface area contributed by atoms with E-state index in [9.17, 15) is 19.5 Å². The van der Waals surface area contributed by atoms with E-state index in [1.807, 2.05) is 13.8 Å². The van der Waals surface area contributed by atoms with Gasteiger partial charge in [-0.15, -0.1) is 0 Å². The summed E-state index contributed by atoms with van der Waals surface area (Å²) in [4.78, 5) is 39.0. The van der Waals surface area contributed by atoms with Gasteiger partial charge in [-0.2, -0.15) is 0 Å². The van der Waals surface area contributed by atoms with Crippen LogP contribution in [0.3, 0.4) is 0 Å². The Morgan fingerprint density at radius 1 is 1.14 bits per heavy atom. The number of amides is 2. The number of hydrogen-bond acceptors (Lipinski definition) is 6. The molecule has 1 atom stereocenters. The molecule has 1 aliphatic rings. The van der Waals surface area contributed by atoms with Crippen LogP contribution in [0, 0.1) is 6.92 Å². The number of hydrogen-bond donors (Lipinski definition) is 2. The Balaban J connectivity index is 1.79. The van der Waals surface area contributed by atoms with E-state index >= 15 is 0 Å². The van der Waals surface area contributed by atoms with Crippen LogP contribution >= 0.6 is 0 Å². The maximum Gasteiger partial charge on any atom is 0.300 e. The lowest BCUT2D eigenvalue weighted by Gasteiger charge is -2.23. The van der Waals surface area contributed by atoms with Crippen LogP contribution in [-0.4, -0.2) is 29.3 Å². The average molecular weight is 475 g/mol. The molecule has 8 nitrogen and oxygen atoms in total. The van der Waals surface area contributed by atoms with E-state index in [0.29, 0.717) is 35.1 Å². The number of benzene rings is 2. The lowest BCUT2D eigenvalue weighted by molar-refractivity contribution is -0.132. The number of nitrogens with one attached hydrogen (secondary N) is 1. The molecule has 2 N–H and O–H groups in total. The van der Waals surface area contributed by atoms with Crippen LogP contribution in [0.2, 0.25) is 0 Å². The Morgan fingerprint density at radius 2 is 1.89 bits per heavy atom. The van der Waals surface area contributed by atoms with Crippen LogP contribution in [0.25, 0.3) is 5.76 Å². The number of Topliss-reactive ketones (excluding diaryl/α,β-unsaturated/α-hetero) is 1. The van der Waals surface area contributed by atoms with E-state index in [2.05, 4.69) is 5.32 Å². The van der Waals surface area contributed by atoms with Gasteiger partial charge in [0.1, 0.15) is 23.3 Å². The van der Waals surface area contributed by atoms with Gasteiger partial charge in [-0.05, 0) is 73.5 Å². The molecule has 2 amide bonds. The first-order chi connectivity index (χ1) is 16.8. The van der Waals surface area contributed by atoms with Gasteiger partial charge in [0.25, 0.3) is 11.7 Å². The Morgan fingerprint density at radius 3 is 2.49 bits per heavy atom. The lowest BCUT2D eigenvalue weighted by Crippen LogP contribution is -2.29. The summed E-state index contributed by atoms with van der Waals surface area (Å²) < 4.78 is 11.3. The van der Waals surface area contributed by atoms with Crippen molar-refractivity contribution in [3.8, 4) is 5.75 Å². The summed E-state index contributed by atoms with van der Waals surface area (Å²) in [6.45, 7) is 5.82. The second-order valence-corrected chi connectivity index (χ2v) is 8.24. The fraction of sp³-hybridized carbons (Fsp3) is 0.222. The van der Waals surface area contributed by atoms with Gasteiger partial charge in [-0.25, -0.2) is 0 Å². The lowest BCUT2D eigenvalue weighted by atomic mass is 9.98. The predicted molar refractivity (Wildman–Crippen MR) is 131 cm³/mol. The third-order valence-electron chi connectivity index (χ3n) is 5.63. The normalized spacial score (nSPS) is 17.0. The number of ether oxygens (including phenoxy) is 1. The number of carbonyl (C=O) groups is 3. The fourth-order valence-electron chi connectivity index (χ4n) is 4.05. The molecule has 1 saturated heterocycles. The summed E-state index contributed by atoms with van der Waals surface area (Å²) in [7, 11) is 0. The molecule has 0 saturated carbocycles. The van der Waals surface area contributed by atoms with E-state index in [1.54, 1.807) is 54.6 Å². The largest absolute Gasteiger partial charge is 0.507 e. The molecule has 0 radical (unpaired) electrons. The molecule has 3 aromatic rings. The molecule has 1 unspecified atom stereocenters. The number of furan rings is 1. The number of carbonyl (C=O) groups excluding carboxylic acids is 3. The Labute approximate surface area is 202 Å². The van der Waals surface area contributed by atoms with Crippen molar-refractivity contribution in [3.05, 3.63) is 83.3 Å². The van der Waals surface area contributed by atoms with Crippen LogP contribution in [-0.2, 0) is 14.4 Å². The zero-order valence-electron chi connectivity index (χ0n) is 19.7. The van der Waals surface area contributed by atoms with Crippen molar-refractivity contribution in [1.29, 1.82) is 0 Å². The van der Waals surface area contributed by atoms with Gasteiger partial charge in [0.15, 0.2) is 0 Å². The maximum atomic E-state index is 13.2. The molecule has 4 rings (SSSR count). The highest BCUT2D eigenvalue weighted by molar-refractivity contribution is 6.51. The number of ketones is 1. The second-order valence-electron chi connectivity index (χ2n) is 8.24. The summed E-state index contributed by atoms with van der Waals surface area (Å²) in [5, 5.41) is 13.9. The Bertz CT molecular complexity index is 1290. The molecule has 1 aliphatic heterocycles. The highest BCUT2D eigenvalue weighted by Crippen LogP contribution is 2.42. The van der Waals surface area contributed by atoms with Gasteiger partial charge >= 0.3 is 0 Å². The molecule has 35 heavy (non-hydrogen) atoms. The smallest absolute Gasteiger partial charge is 0.300 e. The average Bonchev–Trinajstić information content (AvgIpc) is 3.45. The van der Waals surface area contributed by atoms with Crippen LogP contribution in [0.1, 0.15) is 43.2 Å². The SMILES string of the molecule is CCCOc1ccc(/C(O)=C2/C(=O)C(=O)N(c3ccc(NC(C)=O)cc3)C2c2ccco2)cc1C. The van der Waals surface area contributed by atoms with Gasteiger partial charge in [0.2, 0.25) is 5.91 Å². The molecule has 2 aromatic carbocycles. The zero-order valence-corrected chi connectivity index (χ0v) is 19.7. The third-order valence-corrected chi connectivity index (χ3v) is 5.63. The van der Waals surface area contributed by atoms with Gasteiger partial charge < -0.3 is 19.6 Å². The van der Waals surface area contributed by atoms with Crippen molar-refractivity contribution in [2.75, 3.05) is 16.8 Å². The predicted octanol–water partition coefficient (Wildman–Crippen LogP) is 4.96. The number of nitrogens with zero attached hydrogens (tertiary/aromatic N) is 1. The minimum Gasteiger partial charge on any atom is -0.507 e. The number of aliphatic hydroxyl groups excluding tert-OH is 1. The molecule has 0 aliphatic carbocycles. The highest BCUT2D eigenvalue weighted by atomic mass is 16.5. The summed E-state index contributed by atoms with van der Waals surface area (Å²) in [6.07, 6.45) is 2.30. The minimum absolute atomic E-state index is 0.0717. The molecule has 0 bridgehead atoms. The number of aryl methyl sites for hydroxylation is 1. The highest BCUT2D eigenvalue weighted by Gasteiger charge is 2.48. The van der Waals surface area contributed by atoms with Crippen LogP contribution < -0.4 is 15.0 Å². The van der Waals surface area contributed by atoms with Crippen molar-refractivity contribution in [2.24, 2.45) is 0 Å². The van der Waals surface area contributed by atoms with Gasteiger partial charge in [-0.1, -0.05) is 6.92 Å². The van der Waals surface area contributed by atoms with Crippen molar-refractivity contribution < 1.29 is 28.6 Å². The fourth-order valence-corrected chi connectivity index (χ4v) is 4.05. The topological polar surface area (TPSA) is 109 Å². The number of rotatable bonds is 7. The van der Waals surface area contributed by atoms with Crippen molar-refractivity contribution >= 4 is 34.7 Å². The molecular formula is C27H26N2O6. The first-order valence-corrected chi connectivity index (χ1v) is 11.3. The first kappa shape index (κ1) is 23.8. The van der Waals surface area contributed by atoms with E-state index in [-0.39, 0.29) is 17.2 Å². The molecule has 180 valence electrons. The first-order valence-electron chi connectivity index (χ1n) is 11.3. The van der Waals surface area contributed by atoms with Gasteiger partial charge in [-0.3, -0.25) is 19.3 Å². The second kappa shape index (κ2) is 9.89. The molecular weight excluding hydrogens is 448 g/mol. The summed E-state index contributed by atoms with van der Waals surface area (Å²) >= 11 is 0. The number of anilines is 2. The van der Waals surface area contributed by atoms with Crippen molar-refractivity contribution in [3.63, 3.8) is 0 Å². The van der Waals surface area contributed by atoms with Crippen molar-refractivity contribution in [1.82, 2.24) is 0 Å². The van der Waals surface area contributed by atoms with E-state index in [4.69, 9.17) is 9.15 Å². The molecule has 1 aromatic heterocycles. The summed E-state index contributed by atoms with van der Waals surface area (Å²) in [5.41, 5.74) is 2.08. The van der Waals surface area contributed by atoms with E-state index in [1.165, 1.54) is 18.1 Å². The zero-order chi connectivity index (χ0) is 25.1.